The number of allylic oxidation sites excluding steroid dienone is 1. The Morgan fingerprint density at radius 2 is 1.68 bits per heavy atom. The summed E-state index contributed by atoms with van der Waals surface area (Å²) in [5, 5.41) is 0.857. The third-order valence-corrected chi connectivity index (χ3v) is 4.25. The molecule has 0 fully saturated rings. The molecule has 1 aliphatic carbocycles. The van der Waals surface area contributed by atoms with E-state index in [0.717, 1.165) is 12.5 Å². The van der Waals surface area contributed by atoms with Crippen molar-refractivity contribution in [2.24, 2.45) is 4.99 Å². The second-order valence-electron chi connectivity index (χ2n) is 5.49. The maximum atomic E-state index is 11.6. The van der Waals surface area contributed by atoms with Crippen molar-refractivity contribution in [2.45, 2.75) is 6.42 Å². The average Bonchev–Trinajstić information content (AvgIpc) is 2.64. The molecule has 1 aromatic carbocycles. The Hall–Kier alpha value is -2.46. The van der Waals surface area contributed by atoms with Crippen molar-refractivity contribution < 1.29 is 30.0 Å². The summed E-state index contributed by atoms with van der Waals surface area (Å²) < 4.78 is 55.6. The number of benzene rings is 1. The number of hydrogen-bond acceptors (Lipinski definition) is 8. The van der Waals surface area contributed by atoms with Crippen molar-refractivity contribution in [1.82, 2.24) is 0 Å². The van der Waals surface area contributed by atoms with Crippen LogP contribution in [-0.2, 0) is 33.4 Å². The first-order valence-electron chi connectivity index (χ1n) is 7.00. The molecule has 132 valence electrons. The summed E-state index contributed by atoms with van der Waals surface area (Å²) in [6, 6.07) is 3.19. The van der Waals surface area contributed by atoms with Gasteiger partial charge in [0.2, 0.25) is 5.76 Å². The van der Waals surface area contributed by atoms with Crippen molar-refractivity contribution in [3.05, 3.63) is 45.8 Å². The number of carbonyl (C=O) groups excluding carboxylic acids is 1. The molecule has 0 spiro atoms. The van der Waals surface area contributed by atoms with Gasteiger partial charge in [-0.05, 0) is 17.7 Å². The molecule has 8 nitrogen and oxygen atoms in total. The summed E-state index contributed by atoms with van der Waals surface area (Å²) in [5.41, 5.74) is 0.953. The molecule has 0 saturated carbocycles. The molecule has 3 rings (SSSR count). The van der Waals surface area contributed by atoms with E-state index in [-0.39, 0.29) is 28.9 Å². The van der Waals surface area contributed by atoms with Crippen LogP contribution in [0.3, 0.4) is 0 Å². The van der Waals surface area contributed by atoms with Crippen LogP contribution in [0.25, 0.3) is 17.9 Å². The maximum absolute atomic E-state index is 11.6. The maximum Gasteiger partial charge on any atom is 0.307 e. The van der Waals surface area contributed by atoms with E-state index in [4.69, 9.17) is 8.37 Å². The van der Waals surface area contributed by atoms with Gasteiger partial charge in [-0.2, -0.15) is 16.8 Å². The zero-order valence-corrected chi connectivity index (χ0v) is 14.8. The lowest BCUT2D eigenvalue weighted by Crippen LogP contribution is -2.29. The lowest BCUT2D eigenvalue weighted by Gasteiger charge is -2.07. The highest BCUT2D eigenvalue weighted by Gasteiger charge is 2.27. The van der Waals surface area contributed by atoms with Crippen molar-refractivity contribution in [2.75, 3.05) is 12.5 Å². The van der Waals surface area contributed by atoms with Crippen LogP contribution < -0.4 is 10.6 Å². The second kappa shape index (κ2) is 5.81. The lowest BCUT2D eigenvalue weighted by molar-refractivity contribution is -0.113. The second-order valence-corrected chi connectivity index (χ2v) is 8.64. The topological polar surface area (TPSA) is 116 Å². The highest BCUT2D eigenvalue weighted by Crippen LogP contribution is 2.26. The van der Waals surface area contributed by atoms with Crippen molar-refractivity contribution >= 4 is 43.9 Å². The summed E-state index contributed by atoms with van der Waals surface area (Å²) in [6.45, 7) is 0. The highest BCUT2D eigenvalue weighted by atomic mass is 32.2. The van der Waals surface area contributed by atoms with Crippen LogP contribution in [0.1, 0.15) is 17.5 Å². The Morgan fingerprint density at radius 1 is 1.00 bits per heavy atom. The van der Waals surface area contributed by atoms with Crippen molar-refractivity contribution in [1.29, 1.82) is 0 Å². The van der Waals surface area contributed by atoms with E-state index < -0.39 is 26.1 Å². The van der Waals surface area contributed by atoms with E-state index >= 15 is 0 Å². The van der Waals surface area contributed by atoms with Gasteiger partial charge >= 0.3 is 20.2 Å². The Morgan fingerprint density at radius 3 is 2.32 bits per heavy atom. The Bertz CT molecular complexity index is 1170. The molecule has 0 amide bonds. The van der Waals surface area contributed by atoms with Crippen molar-refractivity contribution in [3.8, 4) is 0 Å². The number of hydrogen-bond donors (Lipinski definition) is 0. The predicted molar refractivity (Wildman–Crippen MR) is 89.1 cm³/mol. The summed E-state index contributed by atoms with van der Waals surface area (Å²) in [6.07, 6.45) is 6.46. The number of ketones is 1. The normalized spacial score (nSPS) is 16.5. The molecule has 25 heavy (non-hydrogen) atoms. The largest absolute Gasteiger partial charge is 0.376 e. The predicted octanol–water partition coefficient (Wildman–Crippen LogP) is -0.335. The third-order valence-electron chi connectivity index (χ3n) is 3.32. The van der Waals surface area contributed by atoms with Crippen LogP contribution >= 0.6 is 0 Å². The fraction of sp³-hybridized carbons (Fsp3) is 0.200. The fourth-order valence-electron chi connectivity index (χ4n) is 2.44. The Balaban J connectivity index is 2.26. The number of carbonyl (C=O) groups is 1. The molecule has 2 aliphatic rings. The summed E-state index contributed by atoms with van der Waals surface area (Å²) in [4.78, 5) is 15.7. The van der Waals surface area contributed by atoms with Crippen LogP contribution in [-0.4, -0.2) is 35.1 Å². The molecule has 1 aromatic rings. The van der Waals surface area contributed by atoms with Gasteiger partial charge in [0, 0.05) is 11.6 Å². The minimum Gasteiger partial charge on any atom is -0.376 e. The third kappa shape index (κ3) is 3.80. The number of nitrogens with zero attached hydrogens (tertiary/aromatic N) is 1. The zero-order valence-electron chi connectivity index (χ0n) is 13.2. The summed E-state index contributed by atoms with van der Waals surface area (Å²) in [7, 11) is -7.90. The van der Waals surface area contributed by atoms with Gasteiger partial charge in [0.05, 0.1) is 23.4 Å². The Kier molecular flexibility index (Phi) is 4.04. The fourth-order valence-corrected chi connectivity index (χ4v) is 3.30. The molecule has 0 atom stereocenters. The molecule has 1 aliphatic heterocycles. The number of rotatable bonds is 4. The molecule has 1 heterocycles. The van der Waals surface area contributed by atoms with Gasteiger partial charge in [0.25, 0.3) is 5.88 Å². The van der Waals surface area contributed by atoms with E-state index in [0.29, 0.717) is 10.8 Å². The Labute approximate surface area is 144 Å². The smallest absolute Gasteiger partial charge is 0.307 e. The highest BCUT2D eigenvalue weighted by molar-refractivity contribution is 7.86. The standard InChI is InChI=1S/C15H13NO7S2/c1-24(18,19)22-14-12-7-4-9-3-5-10(17)6-8-11(9)13(12)16-15(14)23-25(2,20)21/h3-5,7-8H,6H2,1-2H3. The van der Waals surface area contributed by atoms with Crippen LogP contribution in [0.5, 0.6) is 0 Å². The van der Waals surface area contributed by atoms with Crippen LogP contribution in [0.15, 0.2) is 29.1 Å². The minimum absolute atomic E-state index is 0.101. The summed E-state index contributed by atoms with van der Waals surface area (Å²) in [5.74, 6) is -0.876. The molecule has 0 unspecified atom stereocenters. The van der Waals surface area contributed by atoms with Gasteiger partial charge in [0.15, 0.2) is 5.78 Å². The minimum atomic E-state index is -3.96. The van der Waals surface area contributed by atoms with E-state index in [1.54, 1.807) is 18.2 Å². The van der Waals surface area contributed by atoms with E-state index in [2.05, 4.69) is 4.99 Å². The molecular formula is C15H13NO7S2. The number of fused-ring (bicyclic) bond motifs is 3. The molecule has 0 radical (unpaired) electrons. The first-order chi connectivity index (χ1) is 11.5. The van der Waals surface area contributed by atoms with Gasteiger partial charge in [-0.1, -0.05) is 18.2 Å². The van der Waals surface area contributed by atoms with E-state index in [1.807, 2.05) is 0 Å². The quantitative estimate of drug-likeness (QED) is 0.653. The molecule has 0 aromatic heterocycles. The van der Waals surface area contributed by atoms with Gasteiger partial charge in [-0.15, -0.1) is 0 Å². The van der Waals surface area contributed by atoms with Gasteiger partial charge in [0.1, 0.15) is 0 Å². The molecular weight excluding hydrogens is 370 g/mol. The average molecular weight is 383 g/mol. The molecule has 0 saturated heterocycles. The monoisotopic (exact) mass is 383 g/mol. The molecule has 0 bridgehead atoms. The SMILES string of the molecule is CS(=O)(=O)OC1=C(OS(C)(=O)=O)c2ccc3c(c2=N1)=CCC(=O)C=C3. The molecule has 10 heteroatoms. The van der Waals surface area contributed by atoms with Crippen LogP contribution in [0.4, 0.5) is 0 Å². The van der Waals surface area contributed by atoms with E-state index in [1.165, 1.54) is 12.1 Å². The first-order valence-corrected chi connectivity index (χ1v) is 10.6. The van der Waals surface area contributed by atoms with Crippen molar-refractivity contribution in [3.63, 3.8) is 0 Å². The summed E-state index contributed by atoms with van der Waals surface area (Å²) >= 11 is 0. The van der Waals surface area contributed by atoms with Gasteiger partial charge in [-0.25, -0.2) is 4.99 Å². The van der Waals surface area contributed by atoms with Gasteiger partial charge in [-0.3, -0.25) is 4.79 Å². The van der Waals surface area contributed by atoms with Gasteiger partial charge < -0.3 is 8.37 Å². The van der Waals surface area contributed by atoms with Crippen LogP contribution in [0, 0.1) is 0 Å². The molecule has 0 N–H and O–H groups in total. The van der Waals surface area contributed by atoms with Crippen LogP contribution in [0.2, 0.25) is 0 Å². The van der Waals surface area contributed by atoms with E-state index in [9.17, 15) is 21.6 Å². The zero-order chi connectivity index (χ0) is 18.4. The lowest BCUT2D eigenvalue weighted by atomic mass is 10.1. The first kappa shape index (κ1) is 17.4.